The van der Waals surface area contributed by atoms with Crippen LogP contribution < -0.4 is 11.3 Å². The van der Waals surface area contributed by atoms with Gasteiger partial charge in [0.05, 0.1) is 25.4 Å². The first-order valence-corrected chi connectivity index (χ1v) is 6.85. The minimum absolute atomic E-state index is 0.0395. The number of nitrogens with zero attached hydrogens (tertiary/aromatic N) is 2. The van der Waals surface area contributed by atoms with Gasteiger partial charge in [0.25, 0.3) is 0 Å². The number of hydrogen-bond donors (Lipinski definition) is 3. The summed E-state index contributed by atoms with van der Waals surface area (Å²) in [6.07, 6.45) is 6.01. The van der Waals surface area contributed by atoms with Crippen LogP contribution in [0.25, 0.3) is 0 Å². The third-order valence-electron chi connectivity index (χ3n) is 3.65. The molecule has 1 saturated heterocycles. The smallest absolute Gasteiger partial charge is 0.208 e. The maximum Gasteiger partial charge on any atom is 0.208 e. The highest BCUT2D eigenvalue weighted by Gasteiger charge is 2.23. The number of morpholine rings is 1. The van der Waals surface area contributed by atoms with Gasteiger partial charge in [-0.25, -0.2) is 10.8 Å². The maximum atomic E-state index is 9.14. The van der Waals surface area contributed by atoms with E-state index in [1.807, 2.05) is 0 Å². The number of rotatable bonds is 2. The van der Waals surface area contributed by atoms with Crippen molar-refractivity contribution in [3.8, 4) is 0 Å². The third-order valence-corrected chi connectivity index (χ3v) is 3.65. The van der Waals surface area contributed by atoms with Crippen molar-refractivity contribution in [1.82, 2.24) is 10.3 Å². The van der Waals surface area contributed by atoms with Crippen molar-refractivity contribution >= 4 is 5.96 Å². The predicted molar refractivity (Wildman–Crippen MR) is 70.0 cm³/mol. The van der Waals surface area contributed by atoms with E-state index in [-0.39, 0.29) is 12.7 Å². The molecule has 1 aliphatic carbocycles. The van der Waals surface area contributed by atoms with E-state index >= 15 is 0 Å². The number of aliphatic hydroxyl groups is 1. The summed E-state index contributed by atoms with van der Waals surface area (Å²) in [5.41, 5.74) is 2.70. The lowest BCUT2D eigenvalue weighted by molar-refractivity contribution is -0.0350. The van der Waals surface area contributed by atoms with Crippen molar-refractivity contribution in [3.05, 3.63) is 0 Å². The second-order valence-corrected chi connectivity index (χ2v) is 5.01. The number of guanidine groups is 1. The Balaban J connectivity index is 1.95. The van der Waals surface area contributed by atoms with Crippen molar-refractivity contribution in [1.29, 1.82) is 0 Å². The van der Waals surface area contributed by atoms with E-state index in [1.165, 1.54) is 19.3 Å². The molecule has 2 rings (SSSR count). The Morgan fingerprint density at radius 1 is 1.39 bits per heavy atom. The molecule has 104 valence electrons. The zero-order chi connectivity index (χ0) is 12.8. The molecule has 0 aromatic heterocycles. The molecule has 6 nitrogen and oxygen atoms in total. The molecular weight excluding hydrogens is 232 g/mol. The minimum Gasteiger partial charge on any atom is -0.394 e. The molecule has 6 heteroatoms. The second-order valence-electron chi connectivity index (χ2n) is 5.01. The fraction of sp³-hybridized carbons (Fsp3) is 0.917. The number of aliphatic imine (C=N–C) groups is 1. The lowest BCUT2D eigenvalue weighted by atomic mass is 9.96. The SMILES string of the molecule is NNC(=NC1CCCCC1)N1CCOC(CO)C1. The van der Waals surface area contributed by atoms with E-state index in [1.54, 1.807) is 0 Å². The van der Waals surface area contributed by atoms with Crippen molar-refractivity contribution in [2.75, 3.05) is 26.3 Å². The van der Waals surface area contributed by atoms with E-state index in [0.29, 0.717) is 19.2 Å². The molecular formula is C12H24N4O2. The molecule has 1 atom stereocenters. The van der Waals surface area contributed by atoms with Crippen LogP contribution >= 0.6 is 0 Å². The first-order valence-electron chi connectivity index (χ1n) is 6.85. The molecule has 0 aromatic carbocycles. The Morgan fingerprint density at radius 3 is 2.83 bits per heavy atom. The zero-order valence-electron chi connectivity index (χ0n) is 10.8. The average Bonchev–Trinajstić information content (AvgIpc) is 2.46. The van der Waals surface area contributed by atoms with Gasteiger partial charge in [-0.15, -0.1) is 0 Å². The minimum atomic E-state index is -0.136. The number of nitrogens with two attached hydrogens (primary N) is 1. The Labute approximate surface area is 108 Å². The predicted octanol–water partition coefficient (Wildman–Crippen LogP) is -0.168. The second kappa shape index (κ2) is 6.92. The first kappa shape index (κ1) is 13.6. The normalized spacial score (nSPS) is 27.3. The van der Waals surface area contributed by atoms with Crippen LogP contribution in [-0.2, 0) is 4.74 Å². The number of hydrazine groups is 1. The van der Waals surface area contributed by atoms with E-state index in [0.717, 1.165) is 25.3 Å². The van der Waals surface area contributed by atoms with Crippen molar-refractivity contribution < 1.29 is 9.84 Å². The highest BCUT2D eigenvalue weighted by atomic mass is 16.5. The van der Waals surface area contributed by atoms with Crippen LogP contribution in [0.3, 0.4) is 0 Å². The topological polar surface area (TPSA) is 83.1 Å². The summed E-state index contributed by atoms with van der Waals surface area (Å²) in [5, 5.41) is 9.14. The van der Waals surface area contributed by atoms with Crippen LogP contribution in [0.15, 0.2) is 4.99 Å². The monoisotopic (exact) mass is 256 g/mol. The summed E-state index contributed by atoms with van der Waals surface area (Å²) in [6, 6.07) is 0.389. The van der Waals surface area contributed by atoms with Gasteiger partial charge in [-0.05, 0) is 12.8 Å². The standard InChI is InChI=1S/C12H24N4O2/c13-15-12(14-10-4-2-1-3-5-10)16-6-7-18-11(8-16)9-17/h10-11,17H,1-9,13H2,(H,14,15). The molecule has 18 heavy (non-hydrogen) atoms. The van der Waals surface area contributed by atoms with Gasteiger partial charge in [0.2, 0.25) is 5.96 Å². The molecule has 1 unspecified atom stereocenters. The molecule has 1 saturated carbocycles. The van der Waals surface area contributed by atoms with Gasteiger partial charge in [0.15, 0.2) is 0 Å². The van der Waals surface area contributed by atoms with Gasteiger partial charge in [0, 0.05) is 13.1 Å². The summed E-state index contributed by atoms with van der Waals surface area (Å²) >= 11 is 0. The van der Waals surface area contributed by atoms with Crippen molar-refractivity contribution in [3.63, 3.8) is 0 Å². The Morgan fingerprint density at radius 2 is 2.17 bits per heavy atom. The van der Waals surface area contributed by atoms with E-state index in [9.17, 15) is 0 Å². The molecule has 0 bridgehead atoms. The fourth-order valence-corrected chi connectivity index (χ4v) is 2.62. The van der Waals surface area contributed by atoms with Crippen molar-refractivity contribution in [2.45, 2.75) is 44.2 Å². The van der Waals surface area contributed by atoms with Crippen LogP contribution in [0.4, 0.5) is 0 Å². The Bertz CT molecular complexity index is 279. The summed E-state index contributed by atoms with van der Waals surface area (Å²) in [5.74, 6) is 6.32. The summed E-state index contributed by atoms with van der Waals surface area (Å²) in [7, 11) is 0. The molecule has 0 aromatic rings. The zero-order valence-corrected chi connectivity index (χ0v) is 10.8. The average molecular weight is 256 g/mol. The molecule has 4 N–H and O–H groups in total. The number of ether oxygens (including phenoxy) is 1. The van der Waals surface area contributed by atoms with Crippen LogP contribution in [-0.4, -0.2) is 54.4 Å². The molecule has 0 amide bonds. The van der Waals surface area contributed by atoms with Crippen LogP contribution in [0.5, 0.6) is 0 Å². The maximum absolute atomic E-state index is 9.14. The number of nitrogens with one attached hydrogen (secondary N) is 1. The lowest BCUT2D eigenvalue weighted by Gasteiger charge is -2.34. The largest absolute Gasteiger partial charge is 0.394 e. The molecule has 0 radical (unpaired) electrons. The fourth-order valence-electron chi connectivity index (χ4n) is 2.62. The van der Waals surface area contributed by atoms with Crippen LogP contribution in [0, 0.1) is 0 Å². The number of aliphatic hydroxyl groups excluding tert-OH is 1. The molecule has 1 aliphatic heterocycles. The molecule has 0 spiro atoms. The summed E-state index contributed by atoms with van der Waals surface area (Å²) in [6.45, 7) is 2.06. The summed E-state index contributed by atoms with van der Waals surface area (Å²) in [4.78, 5) is 6.78. The van der Waals surface area contributed by atoms with Crippen LogP contribution in [0.1, 0.15) is 32.1 Å². The van der Waals surface area contributed by atoms with E-state index in [2.05, 4.69) is 10.3 Å². The quantitative estimate of drug-likeness (QED) is 0.276. The molecule has 1 heterocycles. The van der Waals surface area contributed by atoms with Gasteiger partial charge >= 0.3 is 0 Å². The van der Waals surface area contributed by atoms with Gasteiger partial charge in [-0.2, -0.15) is 0 Å². The highest BCUT2D eigenvalue weighted by molar-refractivity contribution is 5.79. The Kier molecular flexibility index (Phi) is 5.22. The van der Waals surface area contributed by atoms with E-state index < -0.39 is 0 Å². The number of hydrogen-bond acceptors (Lipinski definition) is 4. The van der Waals surface area contributed by atoms with Gasteiger partial charge in [0.1, 0.15) is 0 Å². The Hall–Kier alpha value is -0.850. The third kappa shape index (κ3) is 3.57. The first-order chi connectivity index (χ1) is 8.83. The van der Waals surface area contributed by atoms with E-state index in [4.69, 9.17) is 20.7 Å². The molecule has 2 fully saturated rings. The lowest BCUT2D eigenvalue weighted by Crippen LogP contribution is -2.53. The summed E-state index contributed by atoms with van der Waals surface area (Å²) < 4.78 is 5.43. The van der Waals surface area contributed by atoms with Gasteiger partial charge in [-0.1, -0.05) is 19.3 Å². The van der Waals surface area contributed by atoms with Gasteiger partial charge < -0.3 is 14.7 Å². The van der Waals surface area contributed by atoms with Gasteiger partial charge in [-0.3, -0.25) is 5.43 Å². The van der Waals surface area contributed by atoms with Crippen LogP contribution in [0.2, 0.25) is 0 Å². The van der Waals surface area contributed by atoms with Crippen molar-refractivity contribution in [2.24, 2.45) is 10.8 Å². The highest BCUT2D eigenvalue weighted by Crippen LogP contribution is 2.20. The molecule has 2 aliphatic rings.